The van der Waals surface area contributed by atoms with Crippen molar-refractivity contribution < 1.29 is 23.5 Å². The molecule has 0 saturated carbocycles. The maximum absolute atomic E-state index is 11.9. The molecule has 0 aromatic carbocycles. The zero-order chi connectivity index (χ0) is 14.7. The Morgan fingerprint density at radius 3 is 1.57 bits per heavy atom. The van der Waals surface area contributed by atoms with Crippen molar-refractivity contribution >= 4 is 11.9 Å². The maximum Gasteiger partial charge on any atom is 0.374 e. The molecule has 0 fully saturated rings. The van der Waals surface area contributed by atoms with E-state index in [1.54, 1.807) is 0 Å². The predicted octanol–water partition coefficient (Wildman–Crippen LogP) is 3.03. The molecule has 0 bridgehead atoms. The van der Waals surface area contributed by atoms with Crippen molar-refractivity contribution in [1.82, 2.24) is 0 Å². The summed E-state index contributed by atoms with van der Waals surface area (Å²) in [5.74, 6) is -1.05. The van der Waals surface area contributed by atoms with E-state index in [0.29, 0.717) is 0 Å². The van der Waals surface area contributed by atoms with Gasteiger partial charge in [0.1, 0.15) is 12.2 Å². The van der Waals surface area contributed by atoms with E-state index in [4.69, 9.17) is 13.9 Å². The molecule has 21 heavy (non-hydrogen) atoms. The van der Waals surface area contributed by atoms with Crippen LogP contribution in [0.3, 0.4) is 0 Å². The van der Waals surface area contributed by atoms with Crippen LogP contribution >= 0.6 is 0 Å². The highest BCUT2D eigenvalue weighted by molar-refractivity contribution is 5.91. The van der Waals surface area contributed by atoms with Crippen molar-refractivity contribution in [1.29, 1.82) is 0 Å². The Balaban J connectivity index is 1.57. The summed E-state index contributed by atoms with van der Waals surface area (Å²) >= 11 is 0. The number of furan rings is 1. The molecule has 2 aliphatic rings. The fourth-order valence-corrected chi connectivity index (χ4v) is 2.35. The van der Waals surface area contributed by atoms with Gasteiger partial charge in [-0.3, -0.25) is 0 Å². The van der Waals surface area contributed by atoms with Gasteiger partial charge in [-0.05, 0) is 12.1 Å². The standard InChI is InChI=1S/C16H16O5/c17-15(19-11-5-1-2-6-11)13-9-10-14(21-13)16(18)20-12-7-3-4-8-12/h1-4,9-12H,5-8H2. The third-order valence-electron chi connectivity index (χ3n) is 3.49. The molecule has 0 N–H and O–H groups in total. The normalized spacial score (nSPS) is 18.3. The Bertz CT molecular complexity index is 529. The van der Waals surface area contributed by atoms with Gasteiger partial charge in [-0.25, -0.2) is 9.59 Å². The van der Waals surface area contributed by atoms with Crippen LogP contribution in [0.4, 0.5) is 0 Å². The van der Waals surface area contributed by atoms with Gasteiger partial charge in [-0.1, -0.05) is 24.3 Å². The zero-order valence-corrected chi connectivity index (χ0v) is 11.5. The van der Waals surface area contributed by atoms with Crippen molar-refractivity contribution in [3.05, 3.63) is 48.0 Å². The van der Waals surface area contributed by atoms with Crippen molar-refractivity contribution in [3.8, 4) is 0 Å². The molecule has 110 valence electrons. The number of rotatable bonds is 4. The van der Waals surface area contributed by atoms with Crippen molar-refractivity contribution in [2.75, 3.05) is 0 Å². The molecule has 2 aliphatic carbocycles. The average Bonchev–Trinajstić information content (AvgIpc) is 3.21. The van der Waals surface area contributed by atoms with E-state index in [0.717, 1.165) is 25.7 Å². The Hall–Kier alpha value is -2.30. The zero-order valence-electron chi connectivity index (χ0n) is 11.5. The van der Waals surface area contributed by atoms with Crippen LogP contribution in [0.5, 0.6) is 0 Å². The Kier molecular flexibility index (Phi) is 3.90. The highest BCUT2D eigenvalue weighted by atomic mass is 16.6. The number of hydrogen-bond donors (Lipinski definition) is 0. The van der Waals surface area contributed by atoms with Crippen LogP contribution in [0.2, 0.25) is 0 Å². The molecule has 0 amide bonds. The summed E-state index contributed by atoms with van der Waals surface area (Å²) in [6, 6.07) is 2.88. The summed E-state index contributed by atoms with van der Waals surface area (Å²) in [5, 5.41) is 0. The van der Waals surface area contributed by atoms with Gasteiger partial charge in [-0.15, -0.1) is 0 Å². The molecule has 0 saturated heterocycles. The Morgan fingerprint density at radius 1 is 0.810 bits per heavy atom. The van der Waals surface area contributed by atoms with Crippen molar-refractivity contribution in [2.45, 2.75) is 37.9 Å². The molecule has 5 heteroatoms. The van der Waals surface area contributed by atoms with E-state index in [1.165, 1.54) is 12.1 Å². The smallest absolute Gasteiger partial charge is 0.374 e. The van der Waals surface area contributed by atoms with E-state index in [2.05, 4.69) is 0 Å². The maximum atomic E-state index is 11.9. The molecule has 5 nitrogen and oxygen atoms in total. The van der Waals surface area contributed by atoms with Crippen molar-refractivity contribution in [3.63, 3.8) is 0 Å². The van der Waals surface area contributed by atoms with Gasteiger partial charge in [0.15, 0.2) is 0 Å². The first-order valence-electron chi connectivity index (χ1n) is 7.04. The van der Waals surface area contributed by atoms with Crippen LogP contribution in [0.1, 0.15) is 46.8 Å². The second-order valence-electron chi connectivity index (χ2n) is 5.10. The lowest BCUT2D eigenvalue weighted by Gasteiger charge is -2.10. The van der Waals surface area contributed by atoms with Crippen LogP contribution in [0.15, 0.2) is 40.9 Å². The number of esters is 2. The van der Waals surface area contributed by atoms with E-state index >= 15 is 0 Å². The summed E-state index contributed by atoms with van der Waals surface area (Å²) in [6.07, 6.45) is 10.5. The minimum Gasteiger partial charge on any atom is -0.456 e. The topological polar surface area (TPSA) is 65.7 Å². The minimum absolute atomic E-state index is 0.0263. The van der Waals surface area contributed by atoms with Gasteiger partial charge in [0, 0.05) is 25.7 Å². The molecular formula is C16H16O5. The lowest BCUT2D eigenvalue weighted by molar-refractivity contribution is 0.0260. The number of carbonyl (C=O) groups excluding carboxylic acids is 2. The highest BCUT2D eigenvalue weighted by Gasteiger charge is 2.23. The van der Waals surface area contributed by atoms with Gasteiger partial charge >= 0.3 is 11.9 Å². The first-order valence-corrected chi connectivity index (χ1v) is 7.04. The number of hydrogen-bond acceptors (Lipinski definition) is 5. The third-order valence-corrected chi connectivity index (χ3v) is 3.49. The fourth-order valence-electron chi connectivity index (χ4n) is 2.35. The second-order valence-corrected chi connectivity index (χ2v) is 5.10. The molecule has 1 aromatic rings. The van der Waals surface area contributed by atoms with E-state index in [9.17, 15) is 9.59 Å². The van der Waals surface area contributed by atoms with E-state index in [-0.39, 0.29) is 23.7 Å². The van der Waals surface area contributed by atoms with Crippen LogP contribution in [-0.4, -0.2) is 24.1 Å². The van der Waals surface area contributed by atoms with Crippen LogP contribution in [-0.2, 0) is 9.47 Å². The number of carbonyl (C=O) groups is 2. The highest BCUT2D eigenvalue weighted by Crippen LogP contribution is 2.19. The van der Waals surface area contributed by atoms with Gasteiger partial charge < -0.3 is 13.9 Å². The predicted molar refractivity (Wildman–Crippen MR) is 73.9 cm³/mol. The molecule has 1 aromatic heterocycles. The van der Waals surface area contributed by atoms with Crippen LogP contribution < -0.4 is 0 Å². The quantitative estimate of drug-likeness (QED) is 0.629. The SMILES string of the molecule is O=C(OC1CC=CC1)c1ccc(C(=O)OC2CC=CC2)o1. The van der Waals surface area contributed by atoms with Gasteiger partial charge in [0.2, 0.25) is 11.5 Å². The molecular weight excluding hydrogens is 272 g/mol. The summed E-state index contributed by atoms with van der Waals surface area (Å²) in [4.78, 5) is 23.8. The first kappa shape index (κ1) is 13.7. The largest absolute Gasteiger partial charge is 0.456 e. The van der Waals surface area contributed by atoms with E-state index < -0.39 is 11.9 Å². The third kappa shape index (κ3) is 3.24. The van der Waals surface area contributed by atoms with Crippen LogP contribution in [0.25, 0.3) is 0 Å². The Labute approximate surface area is 122 Å². The summed E-state index contributed by atoms with van der Waals surface area (Å²) < 4.78 is 15.8. The van der Waals surface area contributed by atoms with Gasteiger partial charge in [0.05, 0.1) is 0 Å². The molecule has 1 heterocycles. The van der Waals surface area contributed by atoms with E-state index in [1.807, 2.05) is 24.3 Å². The van der Waals surface area contributed by atoms with Crippen LogP contribution in [0, 0.1) is 0 Å². The second kappa shape index (κ2) is 5.99. The average molecular weight is 288 g/mol. The molecule has 0 spiro atoms. The lowest BCUT2D eigenvalue weighted by Crippen LogP contribution is -2.15. The van der Waals surface area contributed by atoms with Gasteiger partial charge in [0.25, 0.3) is 0 Å². The fraction of sp³-hybridized carbons (Fsp3) is 0.375. The summed E-state index contributed by atoms with van der Waals surface area (Å²) in [7, 11) is 0. The molecule has 0 atom stereocenters. The molecule has 3 rings (SSSR count). The Morgan fingerprint density at radius 2 is 1.19 bits per heavy atom. The lowest BCUT2D eigenvalue weighted by atomic mass is 10.3. The molecule has 0 aliphatic heterocycles. The monoisotopic (exact) mass is 288 g/mol. The molecule has 0 unspecified atom stereocenters. The summed E-state index contributed by atoms with van der Waals surface area (Å²) in [5.41, 5.74) is 0. The van der Waals surface area contributed by atoms with Crippen molar-refractivity contribution in [2.24, 2.45) is 0 Å². The minimum atomic E-state index is -0.551. The number of ether oxygens (including phenoxy) is 2. The summed E-state index contributed by atoms with van der Waals surface area (Å²) in [6.45, 7) is 0. The first-order chi connectivity index (χ1) is 10.2. The van der Waals surface area contributed by atoms with Gasteiger partial charge in [-0.2, -0.15) is 0 Å². The molecule has 0 radical (unpaired) electrons.